The van der Waals surface area contributed by atoms with Crippen molar-refractivity contribution >= 4 is 40.0 Å². The molecule has 0 unspecified atom stereocenters. The van der Waals surface area contributed by atoms with Crippen molar-refractivity contribution in [3.05, 3.63) is 16.0 Å². The summed E-state index contributed by atoms with van der Waals surface area (Å²) in [4.78, 5) is 51.3. The molecular weight excluding hydrogens is 406 g/mol. The number of aryl methyl sites for hydroxylation is 1. The lowest BCUT2D eigenvalue weighted by atomic mass is 9.81. The molecule has 0 bridgehead atoms. The van der Waals surface area contributed by atoms with Gasteiger partial charge >= 0.3 is 5.97 Å². The maximum Gasteiger partial charge on any atom is 0.326 e. The van der Waals surface area contributed by atoms with Crippen molar-refractivity contribution in [3.63, 3.8) is 0 Å². The van der Waals surface area contributed by atoms with Crippen LogP contribution in [0.1, 0.15) is 54.5 Å². The first-order valence-electron chi connectivity index (χ1n) is 10.3. The van der Waals surface area contributed by atoms with Gasteiger partial charge in [-0.05, 0) is 44.1 Å². The molecule has 1 saturated carbocycles. The maximum absolute atomic E-state index is 12.4. The molecule has 1 saturated heterocycles. The highest BCUT2D eigenvalue weighted by Crippen LogP contribution is 2.38. The van der Waals surface area contributed by atoms with Gasteiger partial charge in [0, 0.05) is 4.88 Å². The summed E-state index contributed by atoms with van der Waals surface area (Å²) in [5.41, 5.74) is 1.50. The third-order valence-corrected chi connectivity index (χ3v) is 7.33. The molecule has 2 heterocycles. The lowest BCUT2D eigenvalue weighted by Crippen LogP contribution is -2.37. The van der Waals surface area contributed by atoms with Crippen LogP contribution in [0.5, 0.6) is 0 Å². The van der Waals surface area contributed by atoms with Gasteiger partial charge in [0.15, 0.2) is 6.61 Å². The summed E-state index contributed by atoms with van der Waals surface area (Å²) < 4.78 is 4.99. The van der Waals surface area contributed by atoms with Gasteiger partial charge < -0.3 is 10.1 Å². The Morgan fingerprint density at radius 1 is 1.10 bits per heavy atom. The molecule has 2 atom stereocenters. The molecule has 9 heteroatoms. The van der Waals surface area contributed by atoms with E-state index in [-0.39, 0.29) is 23.7 Å². The Morgan fingerprint density at radius 3 is 2.43 bits per heavy atom. The van der Waals surface area contributed by atoms with Gasteiger partial charge in [-0.15, -0.1) is 11.3 Å². The number of esters is 1. The van der Waals surface area contributed by atoms with E-state index in [0.717, 1.165) is 53.9 Å². The normalized spacial score (nSPS) is 22.8. The Bertz CT molecular complexity index is 923. The fourth-order valence-electron chi connectivity index (χ4n) is 4.64. The number of nitrogens with one attached hydrogen (secondary N) is 1. The Morgan fingerprint density at radius 2 is 1.77 bits per heavy atom. The first-order chi connectivity index (χ1) is 14.5. The van der Waals surface area contributed by atoms with Gasteiger partial charge in [0.1, 0.15) is 17.6 Å². The molecule has 8 nitrogen and oxygen atoms in total. The van der Waals surface area contributed by atoms with Crippen molar-refractivity contribution < 1.29 is 23.9 Å². The van der Waals surface area contributed by atoms with Gasteiger partial charge in [0.25, 0.3) is 5.91 Å². The third-order valence-electron chi connectivity index (χ3n) is 6.12. The molecular formula is C21H23N3O5S. The van der Waals surface area contributed by atoms with Gasteiger partial charge in [-0.2, -0.15) is 5.26 Å². The molecule has 158 valence electrons. The van der Waals surface area contributed by atoms with Crippen LogP contribution in [-0.4, -0.2) is 41.7 Å². The largest absolute Gasteiger partial charge is 0.454 e. The second-order valence-electron chi connectivity index (χ2n) is 8.00. The fraction of sp³-hybridized carbons (Fsp3) is 0.571. The highest BCUT2D eigenvalue weighted by molar-refractivity contribution is 7.16. The minimum atomic E-state index is -0.795. The molecule has 1 aliphatic heterocycles. The van der Waals surface area contributed by atoms with E-state index in [4.69, 9.17) is 4.74 Å². The number of anilines is 1. The third kappa shape index (κ3) is 3.84. The standard InChI is InChI=1S/C21H23N3O5S/c22-9-15-12-5-3-4-8-16(12)30-19(15)23-17(25)11-29-18(26)10-24-20(27)13-6-1-2-7-14(13)21(24)28/h13-14H,1-8,10-11H2,(H,23,25)/t13-,14-/m0/s1. The highest BCUT2D eigenvalue weighted by atomic mass is 32.1. The van der Waals surface area contributed by atoms with Gasteiger partial charge in [-0.1, -0.05) is 12.8 Å². The maximum atomic E-state index is 12.4. The van der Waals surface area contributed by atoms with Crippen molar-refractivity contribution in [2.75, 3.05) is 18.5 Å². The van der Waals surface area contributed by atoms with E-state index in [2.05, 4.69) is 11.4 Å². The number of likely N-dealkylation sites (tertiary alicyclic amines) is 1. The van der Waals surface area contributed by atoms with E-state index in [1.54, 1.807) is 0 Å². The number of imide groups is 1. The zero-order valence-corrected chi connectivity index (χ0v) is 17.4. The first-order valence-corrected chi connectivity index (χ1v) is 11.2. The summed E-state index contributed by atoms with van der Waals surface area (Å²) in [5, 5.41) is 12.6. The van der Waals surface area contributed by atoms with Crippen molar-refractivity contribution in [3.8, 4) is 6.07 Å². The lowest BCUT2D eigenvalue weighted by Gasteiger charge is -2.19. The predicted molar refractivity (Wildman–Crippen MR) is 107 cm³/mol. The molecule has 3 amide bonds. The van der Waals surface area contributed by atoms with Crippen LogP contribution in [0.25, 0.3) is 0 Å². The van der Waals surface area contributed by atoms with E-state index >= 15 is 0 Å². The average Bonchev–Trinajstić information content (AvgIpc) is 3.22. The van der Waals surface area contributed by atoms with E-state index in [9.17, 15) is 24.4 Å². The monoisotopic (exact) mass is 429 g/mol. The van der Waals surface area contributed by atoms with Crippen LogP contribution in [0.3, 0.4) is 0 Å². The van der Waals surface area contributed by atoms with Crippen LogP contribution in [0.4, 0.5) is 5.00 Å². The molecule has 0 radical (unpaired) electrons. The second-order valence-corrected chi connectivity index (χ2v) is 9.10. The minimum absolute atomic E-state index is 0.311. The Balaban J connectivity index is 1.31. The summed E-state index contributed by atoms with van der Waals surface area (Å²) in [6.45, 7) is -0.996. The molecule has 1 N–H and O–H groups in total. The number of nitrogens with zero attached hydrogens (tertiary/aromatic N) is 2. The van der Waals surface area contributed by atoms with Gasteiger partial charge in [0.05, 0.1) is 17.4 Å². The number of nitriles is 1. The Kier molecular flexibility index (Phi) is 5.86. The number of amides is 3. The summed E-state index contributed by atoms with van der Waals surface area (Å²) in [7, 11) is 0. The highest BCUT2D eigenvalue weighted by Gasteiger charge is 2.48. The van der Waals surface area contributed by atoms with E-state index in [1.165, 1.54) is 11.3 Å². The first kappa shape index (κ1) is 20.5. The Hall–Kier alpha value is -2.73. The number of fused-ring (bicyclic) bond motifs is 2. The second kappa shape index (κ2) is 8.56. The lowest BCUT2D eigenvalue weighted by molar-refractivity contribution is -0.154. The van der Waals surface area contributed by atoms with Crippen LogP contribution < -0.4 is 5.32 Å². The summed E-state index contributed by atoms with van der Waals surface area (Å²) in [6, 6.07) is 2.16. The van der Waals surface area contributed by atoms with E-state index < -0.39 is 25.0 Å². The van der Waals surface area contributed by atoms with Gasteiger partial charge in [-0.3, -0.25) is 24.1 Å². The number of carbonyl (C=O) groups is 4. The molecule has 3 aliphatic rings. The number of ether oxygens (including phenoxy) is 1. The quantitative estimate of drug-likeness (QED) is 0.566. The van der Waals surface area contributed by atoms with Gasteiger partial charge in [-0.25, -0.2) is 0 Å². The van der Waals surface area contributed by atoms with Crippen LogP contribution in [0, 0.1) is 23.2 Å². The molecule has 30 heavy (non-hydrogen) atoms. The molecule has 2 aliphatic carbocycles. The van der Waals surface area contributed by atoms with Crippen molar-refractivity contribution in [1.29, 1.82) is 5.26 Å². The van der Waals surface area contributed by atoms with Crippen molar-refractivity contribution in [2.45, 2.75) is 51.4 Å². The summed E-state index contributed by atoms with van der Waals surface area (Å²) in [5.74, 6) is -2.61. The topological polar surface area (TPSA) is 117 Å². The van der Waals surface area contributed by atoms with E-state index in [0.29, 0.717) is 23.4 Å². The molecule has 4 rings (SSSR count). The van der Waals surface area contributed by atoms with Crippen LogP contribution >= 0.6 is 11.3 Å². The number of hydrogen-bond acceptors (Lipinski definition) is 7. The molecule has 1 aromatic rings. The molecule has 0 aromatic carbocycles. The zero-order valence-electron chi connectivity index (χ0n) is 16.6. The molecule has 2 fully saturated rings. The fourth-order valence-corrected chi connectivity index (χ4v) is 5.90. The SMILES string of the molecule is N#Cc1c(NC(=O)COC(=O)CN2C(=O)[C@H]3CCCC[C@@H]3C2=O)sc2c1CCCC2. The van der Waals surface area contributed by atoms with Crippen LogP contribution in [-0.2, 0) is 36.8 Å². The Labute approximate surface area is 178 Å². The predicted octanol–water partition coefficient (Wildman–Crippen LogP) is 2.16. The number of rotatable bonds is 5. The molecule has 0 spiro atoms. The van der Waals surface area contributed by atoms with Crippen LogP contribution in [0.15, 0.2) is 0 Å². The summed E-state index contributed by atoms with van der Waals surface area (Å²) >= 11 is 1.39. The number of carbonyl (C=O) groups excluding carboxylic acids is 4. The number of hydrogen-bond donors (Lipinski definition) is 1. The zero-order chi connectivity index (χ0) is 21.3. The smallest absolute Gasteiger partial charge is 0.326 e. The minimum Gasteiger partial charge on any atom is -0.454 e. The van der Waals surface area contributed by atoms with Crippen molar-refractivity contribution in [1.82, 2.24) is 4.90 Å². The van der Waals surface area contributed by atoms with Crippen molar-refractivity contribution in [2.24, 2.45) is 11.8 Å². The van der Waals surface area contributed by atoms with E-state index in [1.807, 2.05) is 0 Å². The molecule has 1 aromatic heterocycles. The van der Waals surface area contributed by atoms with Crippen LogP contribution in [0.2, 0.25) is 0 Å². The van der Waals surface area contributed by atoms with Gasteiger partial charge in [0.2, 0.25) is 11.8 Å². The number of thiophene rings is 1. The average molecular weight is 429 g/mol. The summed E-state index contributed by atoms with van der Waals surface area (Å²) in [6.07, 6.45) is 7.01.